The molecule has 7 fully saturated rings. The molecule has 13 nitrogen and oxygen atoms in total. The molecule has 8 aliphatic rings. The van der Waals surface area contributed by atoms with E-state index in [0.29, 0.717) is 19.4 Å². The third-order valence-corrected chi connectivity index (χ3v) is 17.9. The molecule has 314 valence electrons. The molecule has 3 aliphatic heterocycles. The molecule has 0 amide bonds. The second kappa shape index (κ2) is 13.4. The average Bonchev–Trinajstić information content (AvgIpc) is 3.41. The Morgan fingerprint density at radius 3 is 2.13 bits per heavy atom. The lowest BCUT2D eigenvalue weighted by Crippen LogP contribution is -2.72. The molecule has 1 spiro atoms. The van der Waals surface area contributed by atoms with E-state index in [1.165, 1.54) is 6.92 Å². The molecule has 0 aromatic rings. The van der Waals surface area contributed by atoms with Crippen LogP contribution in [-0.4, -0.2) is 140 Å². The number of ether oxygens (including phenoxy) is 5. The monoisotopic (exact) mass is 780 g/mol. The largest absolute Gasteiger partial charge is 0.396 e. The summed E-state index contributed by atoms with van der Waals surface area (Å²) in [6.45, 7) is 15.2. The van der Waals surface area contributed by atoms with Gasteiger partial charge in [0.15, 0.2) is 12.6 Å². The fourth-order valence-electron chi connectivity index (χ4n) is 14.3. The Morgan fingerprint density at radius 1 is 0.727 bits per heavy atom. The molecule has 21 atom stereocenters. The van der Waals surface area contributed by atoms with Crippen molar-refractivity contribution in [3.8, 4) is 0 Å². The van der Waals surface area contributed by atoms with Gasteiger partial charge >= 0.3 is 0 Å². The molecule has 0 aromatic carbocycles. The zero-order valence-electron chi connectivity index (χ0n) is 33.7. The van der Waals surface area contributed by atoms with Crippen molar-refractivity contribution in [2.75, 3.05) is 19.8 Å². The Hall–Kier alpha value is -0.780. The van der Waals surface area contributed by atoms with E-state index in [9.17, 15) is 40.9 Å². The number of fused-ring (bicyclic) bond motifs is 4. The second-order valence-electron chi connectivity index (χ2n) is 21.0. The van der Waals surface area contributed by atoms with Crippen LogP contribution >= 0.6 is 0 Å². The summed E-state index contributed by atoms with van der Waals surface area (Å²) in [5.74, 6) is 0.401. The van der Waals surface area contributed by atoms with Crippen molar-refractivity contribution in [2.45, 2.75) is 179 Å². The third-order valence-electron chi connectivity index (χ3n) is 17.9. The van der Waals surface area contributed by atoms with Gasteiger partial charge in [-0.05, 0) is 86.4 Å². The zero-order valence-corrected chi connectivity index (χ0v) is 33.7. The molecule has 5 aliphatic carbocycles. The van der Waals surface area contributed by atoms with Crippen molar-refractivity contribution in [2.24, 2.45) is 50.2 Å². The van der Waals surface area contributed by atoms with E-state index in [-0.39, 0.29) is 51.4 Å². The predicted octanol–water partition coefficient (Wildman–Crippen LogP) is 1.78. The zero-order chi connectivity index (χ0) is 39.9. The number of rotatable bonds is 6. The number of aliphatic hydroxyl groups is 8. The van der Waals surface area contributed by atoms with Crippen LogP contribution in [0.25, 0.3) is 0 Å². The van der Waals surface area contributed by atoms with Crippen LogP contribution in [0.4, 0.5) is 0 Å². The predicted molar refractivity (Wildman–Crippen MR) is 197 cm³/mol. The van der Waals surface area contributed by atoms with E-state index >= 15 is 0 Å². The summed E-state index contributed by atoms with van der Waals surface area (Å²) in [4.78, 5) is 0. The molecule has 0 aromatic heterocycles. The molecule has 0 radical (unpaired) electrons. The molecule has 2 bridgehead atoms. The van der Waals surface area contributed by atoms with E-state index in [0.717, 1.165) is 38.5 Å². The highest BCUT2D eigenvalue weighted by Gasteiger charge is 2.79. The molecule has 0 unspecified atom stereocenters. The molecule has 8 N–H and O–H groups in total. The maximum absolute atomic E-state index is 12.1. The Bertz CT molecular complexity index is 1490. The summed E-state index contributed by atoms with van der Waals surface area (Å²) in [5.41, 5.74) is -2.00. The van der Waals surface area contributed by atoms with Crippen molar-refractivity contribution in [1.29, 1.82) is 0 Å². The summed E-state index contributed by atoms with van der Waals surface area (Å²) < 4.78 is 31.2. The van der Waals surface area contributed by atoms with Crippen molar-refractivity contribution in [3.05, 3.63) is 12.2 Å². The first-order valence-corrected chi connectivity index (χ1v) is 20.9. The van der Waals surface area contributed by atoms with Crippen molar-refractivity contribution >= 4 is 0 Å². The lowest BCUT2D eigenvalue weighted by atomic mass is 9.32. The molecule has 4 saturated carbocycles. The first-order chi connectivity index (χ1) is 25.7. The van der Waals surface area contributed by atoms with Gasteiger partial charge in [0.2, 0.25) is 0 Å². The number of aliphatic hydroxyl groups excluding tert-OH is 8. The third kappa shape index (κ3) is 5.44. The minimum atomic E-state index is -1.67. The van der Waals surface area contributed by atoms with Crippen LogP contribution in [0.5, 0.6) is 0 Å². The van der Waals surface area contributed by atoms with E-state index in [1.807, 2.05) is 6.92 Å². The van der Waals surface area contributed by atoms with E-state index in [2.05, 4.69) is 46.8 Å². The first kappa shape index (κ1) is 41.0. The van der Waals surface area contributed by atoms with E-state index in [1.54, 1.807) is 0 Å². The smallest absolute Gasteiger partial charge is 0.187 e. The van der Waals surface area contributed by atoms with Gasteiger partial charge < -0.3 is 64.5 Å². The molecule has 13 heteroatoms. The molecule has 3 saturated heterocycles. The highest BCUT2D eigenvalue weighted by atomic mass is 16.7. The molecule has 55 heavy (non-hydrogen) atoms. The quantitative estimate of drug-likeness (QED) is 0.143. The van der Waals surface area contributed by atoms with Gasteiger partial charge in [-0.25, -0.2) is 0 Å². The van der Waals surface area contributed by atoms with Crippen molar-refractivity contribution in [1.82, 2.24) is 0 Å². The van der Waals surface area contributed by atoms with Gasteiger partial charge in [-0.2, -0.15) is 0 Å². The van der Waals surface area contributed by atoms with E-state index in [4.69, 9.17) is 23.7 Å². The normalized spacial score (nSPS) is 59.7. The van der Waals surface area contributed by atoms with Gasteiger partial charge in [0, 0.05) is 22.2 Å². The molecular formula is C42H68O13. The highest BCUT2D eigenvalue weighted by Crippen LogP contribution is 2.79. The number of allylic oxidation sites excluding steroid dienone is 1. The lowest BCUT2D eigenvalue weighted by molar-refractivity contribution is -0.368. The van der Waals surface area contributed by atoms with Crippen LogP contribution in [0.3, 0.4) is 0 Å². The summed E-state index contributed by atoms with van der Waals surface area (Å²) in [6, 6.07) is 0. The topological polar surface area (TPSA) is 208 Å². The van der Waals surface area contributed by atoms with Crippen LogP contribution in [0.15, 0.2) is 12.2 Å². The highest BCUT2D eigenvalue weighted by molar-refractivity contribution is 5.36. The van der Waals surface area contributed by atoms with Crippen molar-refractivity contribution < 1.29 is 64.5 Å². The van der Waals surface area contributed by atoms with Crippen LogP contribution in [-0.2, 0) is 23.7 Å². The average molecular weight is 781 g/mol. The summed E-state index contributed by atoms with van der Waals surface area (Å²) in [7, 11) is 0. The van der Waals surface area contributed by atoms with Crippen LogP contribution in [0.1, 0.15) is 99.8 Å². The molecule has 8 rings (SSSR count). The van der Waals surface area contributed by atoms with Gasteiger partial charge in [-0.15, -0.1) is 0 Å². The summed E-state index contributed by atoms with van der Waals surface area (Å²) >= 11 is 0. The molecule has 3 heterocycles. The van der Waals surface area contributed by atoms with Crippen LogP contribution in [0.2, 0.25) is 0 Å². The van der Waals surface area contributed by atoms with Gasteiger partial charge in [-0.3, -0.25) is 0 Å². The van der Waals surface area contributed by atoms with Crippen LogP contribution < -0.4 is 0 Å². The van der Waals surface area contributed by atoms with Gasteiger partial charge in [0.1, 0.15) is 42.7 Å². The molecular weight excluding hydrogens is 712 g/mol. The maximum Gasteiger partial charge on any atom is 0.187 e. The fourth-order valence-corrected chi connectivity index (χ4v) is 14.3. The number of hydrogen-bond donors (Lipinski definition) is 8. The standard InChI is InChI=1S/C42H68O13/c1-21-28(46)30(48)31(49)34(52-21)55-33-29(47)22(18-43)53-35(32(33)50)54-27-10-11-37(4)23(38(27,5)19-44)8-12-39(6)24(37)9-13-42-25-16-36(2,3)14-15-41(25,20-51-42)26(45)17-40(39,42)7/h9,13,21-35,43-50H,8,10-12,14-20H2,1-7H3/t21-,22-,23-,24+,25+,26-,27+,28-,29+,30+,31-,32-,33+,34+,35+,37+,38+,39-,40-,41-,42-/m1/s1. The second-order valence-corrected chi connectivity index (χ2v) is 21.0. The van der Waals surface area contributed by atoms with Gasteiger partial charge in [-0.1, -0.05) is 53.7 Å². The van der Waals surface area contributed by atoms with E-state index < -0.39 is 91.2 Å². The SMILES string of the molecule is C[C@H]1O[C@@H](O[C@H]2[C@@H](O)[C@@H](CO)O[C@@H](O[C@H]3CC[C@@]4(C)[C@@H](CC[C@]5(C)[C@H]4C=C[C@@]46OC[C@@]7(CCC(C)(C)C[C@@H]74)[C@H](O)C[C@]56C)[C@]3(C)CO)[C@@H]2O)[C@H](O)[C@@H](O)[C@@H]1O. The van der Waals surface area contributed by atoms with Crippen molar-refractivity contribution in [3.63, 3.8) is 0 Å². The minimum Gasteiger partial charge on any atom is -0.396 e. The lowest BCUT2D eigenvalue weighted by Gasteiger charge is -2.73. The van der Waals surface area contributed by atoms with Gasteiger partial charge in [0.25, 0.3) is 0 Å². The van der Waals surface area contributed by atoms with Gasteiger partial charge in [0.05, 0.1) is 43.7 Å². The first-order valence-electron chi connectivity index (χ1n) is 20.9. The Kier molecular flexibility index (Phi) is 9.95. The number of hydrogen-bond acceptors (Lipinski definition) is 13. The fraction of sp³-hybridized carbons (Fsp3) is 0.952. The Balaban J connectivity index is 1.06. The summed E-state index contributed by atoms with van der Waals surface area (Å²) in [6.07, 6.45) is -3.55. The minimum absolute atomic E-state index is 0.0158. The Labute approximate surface area is 325 Å². The summed E-state index contributed by atoms with van der Waals surface area (Å²) in [5, 5.41) is 87.5. The Morgan fingerprint density at radius 2 is 1.44 bits per heavy atom. The maximum atomic E-state index is 12.1. The van der Waals surface area contributed by atoms with Crippen LogP contribution in [0, 0.1) is 50.2 Å².